The topological polar surface area (TPSA) is 71.7 Å². The Bertz CT molecular complexity index is 1580. The van der Waals surface area contributed by atoms with Crippen molar-refractivity contribution >= 4 is 60.7 Å². The van der Waals surface area contributed by atoms with E-state index in [0.29, 0.717) is 26.9 Å². The second-order valence-corrected chi connectivity index (χ2v) is 11.5. The highest BCUT2D eigenvalue weighted by Crippen LogP contribution is 2.32. The maximum Gasteiger partial charge on any atom is 0.279 e. The fourth-order valence-corrected chi connectivity index (χ4v) is 6.19. The number of hydrogen-bond donors (Lipinski definition) is 0. The van der Waals surface area contributed by atoms with Gasteiger partial charge in [0, 0.05) is 25.7 Å². The van der Waals surface area contributed by atoms with Crippen LogP contribution in [-0.2, 0) is 23.1 Å². The van der Waals surface area contributed by atoms with Gasteiger partial charge < -0.3 is 4.57 Å². The van der Waals surface area contributed by atoms with Crippen LogP contribution >= 0.6 is 34.5 Å². The molecule has 0 saturated carbocycles. The number of amides is 1. The van der Waals surface area contributed by atoms with Gasteiger partial charge in [-0.25, -0.2) is 8.42 Å². The van der Waals surface area contributed by atoms with Gasteiger partial charge in [-0.1, -0.05) is 70.9 Å². The van der Waals surface area contributed by atoms with Crippen molar-refractivity contribution in [1.82, 2.24) is 8.87 Å². The van der Waals surface area contributed by atoms with Gasteiger partial charge >= 0.3 is 0 Å². The lowest BCUT2D eigenvalue weighted by molar-refractivity contribution is 0.0998. The summed E-state index contributed by atoms with van der Waals surface area (Å²) < 4.78 is 29.8. The quantitative estimate of drug-likeness (QED) is 0.277. The molecule has 4 aromatic rings. The number of halogens is 2. The number of carbonyl (C=O) groups excluding carboxylic acids is 1. The largest absolute Gasteiger partial charge is 0.311 e. The molecule has 0 unspecified atom stereocenters. The average Bonchev–Trinajstić information content (AvgIpc) is 3.19. The summed E-state index contributed by atoms with van der Waals surface area (Å²) >= 11 is 13.9. The SMILES string of the molecule is C=CCn1c(=NC(=O)c2ccc(S(=O)(=O)N(C)Cc3ccccc3)cc2)sc2ccc(Cl)c(Cl)c21. The van der Waals surface area contributed by atoms with E-state index in [0.717, 1.165) is 10.3 Å². The number of rotatable bonds is 7. The van der Waals surface area contributed by atoms with Crippen LogP contribution in [0, 0.1) is 0 Å². The molecule has 0 spiro atoms. The normalized spacial score (nSPS) is 12.4. The second-order valence-electron chi connectivity index (χ2n) is 7.68. The van der Waals surface area contributed by atoms with Crippen LogP contribution in [0.3, 0.4) is 0 Å². The van der Waals surface area contributed by atoms with E-state index in [4.69, 9.17) is 23.2 Å². The van der Waals surface area contributed by atoms with E-state index in [2.05, 4.69) is 11.6 Å². The molecule has 3 aromatic carbocycles. The molecule has 0 aliphatic heterocycles. The van der Waals surface area contributed by atoms with Crippen molar-refractivity contribution < 1.29 is 13.2 Å². The Morgan fingerprint density at radius 2 is 1.77 bits per heavy atom. The molecule has 0 aliphatic carbocycles. The molecule has 4 rings (SSSR count). The first-order chi connectivity index (χ1) is 16.7. The highest BCUT2D eigenvalue weighted by molar-refractivity contribution is 7.89. The van der Waals surface area contributed by atoms with Crippen LogP contribution in [0.1, 0.15) is 15.9 Å². The summed E-state index contributed by atoms with van der Waals surface area (Å²) in [6.45, 7) is 4.39. The van der Waals surface area contributed by atoms with E-state index in [1.54, 1.807) is 16.7 Å². The summed E-state index contributed by atoms with van der Waals surface area (Å²) in [5.41, 5.74) is 1.82. The minimum atomic E-state index is -3.73. The van der Waals surface area contributed by atoms with Gasteiger partial charge in [-0.05, 0) is 42.0 Å². The molecule has 180 valence electrons. The van der Waals surface area contributed by atoms with Crippen molar-refractivity contribution in [3.05, 3.63) is 105 Å². The van der Waals surface area contributed by atoms with Crippen LogP contribution in [0.2, 0.25) is 10.0 Å². The maximum absolute atomic E-state index is 13.0. The van der Waals surface area contributed by atoms with Gasteiger partial charge in [-0.15, -0.1) is 6.58 Å². The van der Waals surface area contributed by atoms with Crippen LogP contribution in [0.25, 0.3) is 10.2 Å². The van der Waals surface area contributed by atoms with E-state index in [1.807, 2.05) is 36.4 Å². The Labute approximate surface area is 217 Å². The number of carbonyl (C=O) groups is 1. The predicted octanol–water partition coefficient (Wildman–Crippen LogP) is 5.76. The summed E-state index contributed by atoms with van der Waals surface area (Å²) in [4.78, 5) is 17.7. The summed E-state index contributed by atoms with van der Waals surface area (Å²) in [5.74, 6) is -0.502. The van der Waals surface area contributed by atoms with E-state index < -0.39 is 15.9 Å². The molecule has 0 saturated heterocycles. The summed E-state index contributed by atoms with van der Waals surface area (Å²) in [6.07, 6.45) is 1.68. The van der Waals surface area contributed by atoms with E-state index in [9.17, 15) is 13.2 Å². The second kappa shape index (κ2) is 10.5. The molecule has 0 aliphatic rings. The Morgan fingerprint density at radius 1 is 1.09 bits per heavy atom. The molecule has 0 fully saturated rings. The first-order valence-corrected chi connectivity index (χ1v) is 13.5. The van der Waals surface area contributed by atoms with Gasteiger partial charge in [-0.3, -0.25) is 4.79 Å². The molecule has 6 nitrogen and oxygen atoms in total. The Morgan fingerprint density at radius 3 is 2.43 bits per heavy atom. The Kier molecular flexibility index (Phi) is 7.59. The van der Waals surface area contributed by atoms with Crippen molar-refractivity contribution in [2.45, 2.75) is 18.0 Å². The van der Waals surface area contributed by atoms with Crippen LogP contribution in [0.5, 0.6) is 0 Å². The Hall–Kier alpha value is -2.75. The molecule has 1 aromatic heterocycles. The molecule has 0 bridgehead atoms. The molecule has 0 N–H and O–H groups in total. The minimum Gasteiger partial charge on any atom is -0.311 e. The molecule has 1 amide bonds. The third kappa shape index (κ3) is 5.27. The number of fused-ring (bicyclic) bond motifs is 1. The number of aromatic nitrogens is 1. The zero-order valence-corrected chi connectivity index (χ0v) is 21.8. The van der Waals surface area contributed by atoms with Crippen LogP contribution in [0.15, 0.2) is 89.3 Å². The standard InChI is InChI=1S/C25H21Cl2N3O3S2/c1-3-15-30-23-21(14-13-20(26)22(23)27)34-25(30)28-24(31)18-9-11-19(12-10-18)35(32,33)29(2)16-17-7-5-4-6-8-17/h3-14H,1,15-16H2,2H3. The minimum absolute atomic E-state index is 0.0949. The molecule has 10 heteroatoms. The van der Waals surface area contributed by atoms with Crippen molar-refractivity contribution in [1.29, 1.82) is 0 Å². The van der Waals surface area contributed by atoms with Crippen molar-refractivity contribution in [3.63, 3.8) is 0 Å². The van der Waals surface area contributed by atoms with Crippen molar-refractivity contribution in [2.24, 2.45) is 4.99 Å². The van der Waals surface area contributed by atoms with E-state index in [1.165, 1.54) is 47.0 Å². The fourth-order valence-electron chi connectivity index (χ4n) is 3.51. The van der Waals surface area contributed by atoms with Gasteiger partial charge in [0.2, 0.25) is 10.0 Å². The lowest BCUT2D eigenvalue weighted by Crippen LogP contribution is -2.26. The van der Waals surface area contributed by atoms with Crippen molar-refractivity contribution in [2.75, 3.05) is 7.05 Å². The molecular formula is C25H21Cl2N3O3S2. The molecule has 0 atom stereocenters. The van der Waals surface area contributed by atoms with Gasteiger partial charge in [0.15, 0.2) is 4.80 Å². The number of allylic oxidation sites excluding steroid dienone is 1. The van der Waals surface area contributed by atoms with Crippen molar-refractivity contribution in [3.8, 4) is 0 Å². The average molecular weight is 547 g/mol. The number of hydrogen-bond acceptors (Lipinski definition) is 4. The lowest BCUT2D eigenvalue weighted by Gasteiger charge is -2.17. The zero-order chi connectivity index (χ0) is 25.2. The molecule has 0 radical (unpaired) electrons. The first-order valence-electron chi connectivity index (χ1n) is 10.5. The fraction of sp³-hybridized carbons (Fsp3) is 0.120. The van der Waals surface area contributed by atoms with Gasteiger partial charge in [0.05, 0.1) is 25.2 Å². The van der Waals surface area contributed by atoms with Crippen LogP contribution < -0.4 is 4.80 Å². The monoisotopic (exact) mass is 545 g/mol. The van der Waals surface area contributed by atoms with Gasteiger partial charge in [-0.2, -0.15) is 9.30 Å². The lowest BCUT2D eigenvalue weighted by atomic mass is 10.2. The summed E-state index contributed by atoms with van der Waals surface area (Å²) in [7, 11) is -2.21. The van der Waals surface area contributed by atoms with E-state index >= 15 is 0 Å². The van der Waals surface area contributed by atoms with Gasteiger partial charge in [0.1, 0.15) is 0 Å². The summed E-state index contributed by atoms with van der Waals surface area (Å²) in [5, 5.41) is 0.784. The maximum atomic E-state index is 13.0. The third-order valence-electron chi connectivity index (χ3n) is 5.30. The number of nitrogens with zero attached hydrogens (tertiary/aromatic N) is 3. The number of benzene rings is 3. The van der Waals surface area contributed by atoms with Crippen LogP contribution in [0.4, 0.5) is 0 Å². The predicted molar refractivity (Wildman–Crippen MR) is 141 cm³/mol. The summed E-state index contributed by atoms with van der Waals surface area (Å²) in [6, 6.07) is 18.6. The molecular weight excluding hydrogens is 525 g/mol. The van der Waals surface area contributed by atoms with E-state index in [-0.39, 0.29) is 17.0 Å². The third-order valence-corrected chi connectivity index (χ3v) is 8.96. The number of sulfonamides is 1. The zero-order valence-electron chi connectivity index (χ0n) is 18.7. The first kappa shape index (κ1) is 25.3. The highest BCUT2D eigenvalue weighted by atomic mass is 35.5. The smallest absolute Gasteiger partial charge is 0.279 e. The molecule has 35 heavy (non-hydrogen) atoms. The van der Waals surface area contributed by atoms with Gasteiger partial charge in [0.25, 0.3) is 5.91 Å². The van der Waals surface area contributed by atoms with Crippen LogP contribution in [-0.4, -0.2) is 30.2 Å². The number of thiazole rings is 1. The molecule has 1 heterocycles. The highest BCUT2D eigenvalue weighted by Gasteiger charge is 2.21. The Balaban J connectivity index is 1.63.